The highest BCUT2D eigenvalue weighted by atomic mass is 16.5. The van der Waals surface area contributed by atoms with Gasteiger partial charge in [-0.25, -0.2) is 0 Å². The van der Waals surface area contributed by atoms with Gasteiger partial charge in [-0.2, -0.15) is 0 Å². The van der Waals surface area contributed by atoms with E-state index in [1.54, 1.807) is 0 Å². The van der Waals surface area contributed by atoms with Crippen LogP contribution in [0.1, 0.15) is 25.7 Å². The van der Waals surface area contributed by atoms with Crippen LogP contribution in [0.4, 0.5) is 0 Å². The van der Waals surface area contributed by atoms with Gasteiger partial charge >= 0.3 is 5.97 Å². The van der Waals surface area contributed by atoms with Gasteiger partial charge in [-0.3, -0.25) is 4.79 Å². The van der Waals surface area contributed by atoms with Gasteiger partial charge < -0.3 is 9.64 Å². The molecule has 0 saturated heterocycles. The maximum Gasteiger partial charge on any atom is 0.306 e. The van der Waals surface area contributed by atoms with Crippen molar-refractivity contribution in [1.82, 2.24) is 4.90 Å². The minimum absolute atomic E-state index is 0.110. The Kier molecular flexibility index (Phi) is 3.53. The summed E-state index contributed by atoms with van der Waals surface area (Å²) < 4.78 is 4.57. The van der Waals surface area contributed by atoms with Crippen molar-refractivity contribution in [2.75, 3.05) is 20.7 Å². The first kappa shape index (κ1) is 9.52. The van der Waals surface area contributed by atoms with E-state index in [1.165, 1.54) is 26.4 Å². The van der Waals surface area contributed by atoms with E-state index in [1.807, 2.05) is 0 Å². The number of rotatable bonds is 4. The lowest BCUT2D eigenvalue weighted by Crippen LogP contribution is -2.38. The largest absolute Gasteiger partial charge is 0.469 e. The number of carbonyl (C=O) groups is 1. The first-order chi connectivity index (χ1) is 5.74. The molecule has 0 N–H and O–H groups in total. The van der Waals surface area contributed by atoms with Crippen molar-refractivity contribution >= 4 is 5.97 Å². The molecule has 0 atom stereocenters. The van der Waals surface area contributed by atoms with E-state index in [2.05, 4.69) is 16.7 Å². The molecule has 0 amide bonds. The standard InChI is InChI=1S/C9H17NO2/c1-10(8-4-3-5-8)7-6-9(11)12-2/h8H,3-7H2,1-2H3. The minimum atomic E-state index is -0.110. The molecule has 0 aromatic heterocycles. The molecule has 3 heteroatoms. The molecule has 0 unspecified atom stereocenters. The highest BCUT2D eigenvalue weighted by Crippen LogP contribution is 2.23. The summed E-state index contributed by atoms with van der Waals surface area (Å²) in [5, 5.41) is 0. The summed E-state index contributed by atoms with van der Waals surface area (Å²) >= 11 is 0. The van der Waals surface area contributed by atoms with E-state index >= 15 is 0 Å². The Labute approximate surface area is 73.7 Å². The van der Waals surface area contributed by atoms with Crippen molar-refractivity contribution in [3.63, 3.8) is 0 Å². The molecule has 70 valence electrons. The summed E-state index contributed by atoms with van der Waals surface area (Å²) in [4.78, 5) is 13.0. The van der Waals surface area contributed by atoms with Crippen molar-refractivity contribution in [2.45, 2.75) is 31.7 Å². The summed E-state index contributed by atoms with van der Waals surface area (Å²) in [6, 6.07) is 0.717. The zero-order valence-electron chi connectivity index (χ0n) is 7.88. The molecule has 1 aliphatic rings. The molecule has 0 aliphatic heterocycles. The van der Waals surface area contributed by atoms with Gasteiger partial charge in [0.25, 0.3) is 0 Å². The van der Waals surface area contributed by atoms with Crippen LogP contribution in [0.2, 0.25) is 0 Å². The summed E-state index contributed by atoms with van der Waals surface area (Å²) in [5.41, 5.74) is 0. The minimum Gasteiger partial charge on any atom is -0.469 e. The Morgan fingerprint density at radius 1 is 1.58 bits per heavy atom. The van der Waals surface area contributed by atoms with E-state index in [-0.39, 0.29) is 5.97 Å². The second-order valence-corrected chi connectivity index (χ2v) is 3.39. The number of carbonyl (C=O) groups excluding carboxylic acids is 1. The number of nitrogens with zero attached hydrogens (tertiary/aromatic N) is 1. The van der Waals surface area contributed by atoms with Gasteiger partial charge in [-0.15, -0.1) is 0 Å². The lowest BCUT2D eigenvalue weighted by atomic mass is 9.92. The van der Waals surface area contributed by atoms with Crippen molar-refractivity contribution < 1.29 is 9.53 Å². The summed E-state index contributed by atoms with van der Waals surface area (Å²) in [7, 11) is 3.51. The predicted molar refractivity (Wildman–Crippen MR) is 46.9 cm³/mol. The first-order valence-corrected chi connectivity index (χ1v) is 4.51. The maximum absolute atomic E-state index is 10.8. The van der Waals surface area contributed by atoms with Gasteiger partial charge in [0, 0.05) is 12.6 Å². The molecule has 0 bridgehead atoms. The lowest BCUT2D eigenvalue weighted by Gasteiger charge is -2.34. The number of esters is 1. The zero-order chi connectivity index (χ0) is 8.97. The molecule has 0 aromatic rings. The fourth-order valence-electron chi connectivity index (χ4n) is 1.38. The average molecular weight is 171 g/mol. The summed E-state index contributed by atoms with van der Waals surface area (Å²) in [6.07, 6.45) is 4.44. The monoisotopic (exact) mass is 171 g/mol. The Morgan fingerprint density at radius 3 is 2.67 bits per heavy atom. The summed E-state index contributed by atoms with van der Waals surface area (Å²) in [5.74, 6) is -0.110. The van der Waals surface area contributed by atoms with Crippen LogP contribution in [0.25, 0.3) is 0 Å². The van der Waals surface area contributed by atoms with Crippen molar-refractivity contribution in [1.29, 1.82) is 0 Å². The molecule has 1 fully saturated rings. The zero-order valence-corrected chi connectivity index (χ0v) is 7.88. The van der Waals surface area contributed by atoms with E-state index in [4.69, 9.17) is 0 Å². The third kappa shape index (κ3) is 2.48. The number of ether oxygens (including phenoxy) is 1. The van der Waals surface area contributed by atoms with Crippen molar-refractivity contribution in [2.24, 2.45) is 0 Å². The Hall–Kier alpha value is -0.570. The van der Waals surface area contributed by atoms with Crippen LogP contribution in [-0.4, -0.2) is 37.6 Å². The van der Waals surface area contributed by atoms with Crippen LogP contribution >= 0.6 is 0 Å². The van der Waals surface area contributed by atoms with E-state index in [9.17, 15) is 4.79 Å². The fourth-order valence-corrected chi connectivity index (χ4v) is 1.38. The third-order valence-corrected chi connectivity index (χ3v) is 2.59. The fraction of sp³-hybridized carbons (Fsp3) is 0.889. The molecular weight excluding hydrogens is 154 g/mol. The Morgan fingerprint density at radius 2 is 2.25 bits per heavy atom. The lowest BCUT2D eigenvalue weighted by molar-refractivity contribution is -0.141. The molecule has 1 aliphatic carbocycles. The Bertz CT molecular complexity index is 155. The normalized spacial score (nSPS) is 17.6. The SMILES string of the molecule is COC(=O)CCN(C)C1CCC1. The van der Waals surface area contributed by atoms with Crippen LogP contribution in [0.3, 0.4) is 0 Å². The molecule has 0 aromatic carbocycles. The van der Waals surface area contributed by atoms with E-state index in [0.717, 1.165) is 12.6 Å². The first-order valence-electron chi connectivity index (χ1n) is 4.51. The quantitative estimate of drug-likeness (QED) is 0.592. The van der Waals surface area contributed by atoms with Gasteiger partial charge in [0.2, 0.25) is 0 Å². The highest BCUT2D eigenvalue weighted by Gasteiger charge is 2.21. The van der Waals surface area contributed by atoms with Crippen LogP contribution in [-0.2, 0) is 9.53 Å². The topological polar surface area (TPSA) is 29.5 Å². The molecular formula is C9H17NO2. The van der Waals surface area contributed by atoms with Crippen LogP contribution in [0.5, 0.6) is 0 Å². The molecule has 0 spiro atoms. The predicted octanol–water partition coefficient (Wildman–Crippen LogP) is 1.03. The van der Waals surface area contributed by atoms with Gasteiger partial charge in [0.1, 0.15) is 0 Å². The number of methoxy groups -OCH3 is 1. The van der Waals surface area contributed by atoms with Gasteiger partial charge in [0.05, 0.1) is 13.5 Å². The molecule has 1 saturated carbocycles. The van der Waals surface area contributed by atoms with Crippen LogP contribution in [0, 0.1) is 0 Å². The van der Waals surface area contributed by atoms with E-state index < -0.39 is 0 Å². The highest BCUT2D eigenvalue weighted by molar-refractivity contribution is 5.69. The van der Waals surface area contributed by atoms with Crippen molar-refractivity contribution in [3.8, 4) is 0 Å². The van der Waals surface area contributed by atoms with Crippen LogP contribution < -0.4 is 0 Å². The molecule has 0 heterocycles. The second-order valence-electron chi connectivity index (χ2n) is 3.39. The number of hydrogen-bond acceptors (Lipinski definition) is 3. The average Bonchev–Trinajstić information content (AvgIpc) is 1.97. The van der Waals surface area contributed by atoms with Gasteiger partial charge in [0.15, 0.2) is 0 Å². The smallest absolute Gasteiger partial charge is 0.306 e. The van der Waals surface area contributed by atoms with Crippen molar-refractivity contribution in [3.05, 3.63) is 0 Å². The van der Waals surface area contributed by atoms with Gasteiger partial charge in [-0.1, -0.05) is 6.42 Å². The Balaban J connectivity index is 2.09. The molecule has 12 heavy (non-hydrogen) atoms. The van der Waals surface area contributed by atoms with Gasteiger partial charge in [-0.05, 0) is 19.9 Å². The molecule has 1 rings (SSSR count). The second kappa shape index (κ2) is 4.45. The van der Waals surface area contributed by atoms with Crippen LogP contribution in [0.15, 0.2) is 0 Å². The molecule has 3 nitrogen and oxygen atoms in total. The molecule has 0 radical (unpaired) electrons. The number of hydrogen-bond donors (Lipinski definition) is 0. The summed E-state index contributed by atoms with van der Waals surface area (Å²) in [6.45, 7) is 0.831. The maximum atomic E-state index is 10.8. The van der Waals surface area contributed by atoms with E-state index in [0.29, 0.717) is 6.42 Å². The third-order valence-electron chi connectivity index (χ3n) is 2.59.